The van der Waals surface area contributed by atoms with Crippen LogP contribution in [0.15, 0.2) is 72.8 Å². The molecule has 0 fully saturated rings. The van der Waals surface area contributed by atoms with Crippen LogP contribution in [0.3, 0.4) is 0 Å². The number of nitrogens with one attached hydrogen (secondary N) is 2. The second-order valence-electron chi connectivity index (χ2n) is 6.46. The lowest BCUT2D eigenvalue weighted by Gasteiger charge is -2.11. The van der Waals surface area contributed by atoms with Gasteiger partial charge in [-0.3, -0.25) is 9.59 Å². The molecule has 2 amide bonds. The van der Waals surface area contributed by atoms with Gasteiger partial charge >= 0.3 is 0 Å². The Labute approximate surface area is 164 Å². The van der Waals surface area contributed by atoms with Gasteiger partial charge in [0.2, 0.25) is 11.8 Å². The molecule has 142 valence electrons. The zero-order chi connectivity index (χ0) is 19.9. The van der Waals surface area contributed by atoms with Crippen LogP contribution < -0.4 is 15.4 Å². The van der Waals surface area contributed by atoms with Gasteiger partial charge in [0.25, 0.3) is 0 Å². The average Bonchev–Trinajstić information content (AvgIpc) is 2.68. The van der Waals surface area contributed by atoms with Crippen LogP contribution in [0.5, 0.6) is 11.5 Å². The van der Waals surface area contributed by atoms with Gasteiger partial charge < -0.3 is 15.4 Å². The van der Waals surface area contributed by atoms with Gasteiger partial charge in [-0.1, -0.05) is 30.3 Å². The Morgan fingerprint density at radius 1 is 0.750 bits per heavy atom. The minimum atomic E-state index is -0.375. The highest BCUT2D eigenvalue weighted by Gasteiger charge is 2.11. The van der Waals surface area contributed by atoms with Crippen molar-refractivity contribution in [1.82, 2.24) is 0 Å². The van der Waals surface area contributed by atoms with Gasteiger partial charge in [0.1, 0.15) is 17.9 Å². The lowest BCUT2D eigenvalue weighted by molar-refractivity contribution is -0.123. The molecule has 0 radical (unpaired) electrons. The van der Waals surface area contributed by atoms with Crippen LogP contribution in [0.25, 0.3) is 0 Å². The van der Waals surface area contributed by atoms with E-state index in [9.17, 15) is 9.59 Å². The Bertz CT molecular complexity index is 967. The number of anilines is 2. The molecule has 0 aliphatic heterocycles. The average molecular weight is 374 g/mol. The van der Waals surface area contributed by atoms with E-state index in [0.29, 0.717) is 11.4 Å². The van der Waals surface area contributed by atoms with Gasteiger partial charge in [0.05, 0.1) is 0 Å². The molecule has 0 spiro atoms. The van der Waals surface area contributed by atoms with Gasteiger partial charge in [0.15, 0.2) is 0 Å². The van der Waals surface area contributed by atoms with Crippen molar-refractivity contribution in [3.05, 3.63) is 83.9 Å². The number of carbonyl (C=O) groups excluding carboxylic acids is 2. The van der Waals surface area contributed by atoms with Crippen molar-refractivity contribution >= 4 is 23.2 Å². The van der Waals surface area contributed by atoms with Gasteiger partial charge in [-0.25, -0.2) is 0 Å². The second kappa shape index (κ2) is 8.86. The van der Waals surface area contributed by atoms with Crippen molar-refractivity contribution in [2.75, 3.05) is 10.6 Å². The second-order valence-corrected chi connectivity index (χ2v) is 6.46. The number of hydrogen-bond acceptors (Lipinski definition) is 3. The minimum absolute atomic E-state index is 0.254. The fourth-order valence-electron chi connectivity index (χ4n) is 2.66. The van der Waals surface area contributed by atoms with Crippen molar-refractivity contribution in [3.8, 4) is 11.5 Å². The molecular weight excluding hydrogens is 352 g/mol. The molecule has 28 heavy (non-hydrogen) atoms. The maximum absolute atomic E-state index is 12.1. The van der Waals surface area contributed by atoms with E-state index in [0.717, 1.165) is 22.6 Å². The first-order valence-electron chi connectivity index (χ1n) is 9.00. The quantitative estimate of drug-likeness (QED) is 0.593. The number of carbonyl (C=O) groups is 2. The zero-order valence-corrected chi connectivity index (χ0v) is 15.9. The highest BCUT2D eigenvalue weighted by molar-refractivity contribution is 6.08. The molecular formula is C23H22N2O3. The molecule has 3 aromatic carbocycles. The van der Waals surface area contributed by atoms with Crippen molar-refractivity contribution < 1.29 is 14.3 Å². The third kappa shape index (κ3) is 5.20. The maximum Gasteiger partial charge on any atom is 0.233 e. The summed E-state index contributed by atoms with van der Waals surface area (Å²) < 4.78 is 5.71. The molecule has 2 N–H and O–H groups in total. The SMILES string of the molecule is Cc1cccc(NC(=O)CC(=O)Nc2ccc(Oc3ccccc3)cc2)c1C. The van der Waals surface area contributed by atoms with Crippen LogP contribution in [-0.4, -0.2) is 11.8 Å². The Balaban J connectivity index is 1.53. The summed E-state index contributed by atoms with van der Waals surface area (Å²) in [5.41, 5.74) is 3.40. The summed E-state index contributed by atoms with van der Waals surface area (Å²) in [6.45, 7) is 3.91. The zero-order valence-electron chi connectivity index (χ0n) is 15.9. The lowest BCUT2D eigenvalue weighted by atomic mass is 10.1. The number of aryl methyl sites for hydroxylation is 1. The monoisotopic (exact) mass is 374 g/mol. The number of para-hydroxylation sites is 1. The molecule has 0 aromatic heterocycles. The highest BCUT2D eigenvalue weighted by Crippen LogP contribution is 2.23. The third-order valence-corrected chi connectivity index (χ3v) is 4.32. The molecule has 5 nitrogen and oxygen atoms in total. The first kappa shape index (κ1) is 19.2. The van der Waals surface area contributed by atoms with E-state index in [4.69, 9.17) is 4.74 Å². The number of amides is 2. The van der Waals surface area contributed by atoms with Crippen LogP contribution in [0.1, 0.15) is 17.5 Å². The largest absolute Gasteiger partial charge is 0.457 e. The van der Waals surface area contributed by atoms with E-state index in [-0.39, 0.29) is 18.2 Å². The van der Waals surface area contributed by atoms with Crippen molar-refractivity contribution in [2.24, 2.45) is 0 Å². The summed E-state index contributed by atoms with van der Waals surface area (Å²) in [5, 5.41) is 5.50. The van der Waals surface area contributed by atoms with Crippen LogP contribution in [-0.2, 0) is 9.59 Å². The fraction of sp³-hybridized carbons (Fsp3) is 0.130. The molecule has 5 heteroatoms. The number of rotatable bonds is 6. The first-order chi connectivity index (χ1) is 13.5. The molecule has 0 saturated heterocycles. The van der Waals surface area contributed by atoms with Crippen LogP contribution in [0, 0.1) is 13.8 Å². The van der Waals surface area contributed by atoms with Gasteiger partial charge in [0, 0.05) is 11.4 Å². The number of benzene rings is 3. The predicted octanol–water partition coefficient (Wildman–Crippen LogP) is 5.06. The Kier molecular flexibility index (Phi) is 6.07. The van der Waals surface area contributed by atoms with Crippen molar-refractivity contribution in [2.45, 2.75) is 20.3 Å². The summed E-state index contributed by atoms with van der Waals surface area (Å²) >= 11 is 0. The maximum atomic E-state index is 12.1. The summed E-state index contributed by atoms with van der Waals surface area (Å²) in [7, 11) is 0. The smallest absolute Gasteiger partial charge is 0.233 e. The molecule has 0 unspecified atom stereocenters. The van der Waals surface area contributed by atoms with Gasteiger partial charge in [-0.2, -0.15) is 0 Å². The molecule has 3 aromatic rings. The standard InChI is InChI=1S/C23H22N2O3/c1-16-7-6-10-21(17(16)2)25-23(27)15-22(26)24-18-11-13-20(14-12-18)28-19-8-4-3-5-9-19/h3-14H,15H2,1-2H3,(H,24,26)(H,25,27). The molecule has 0 saturated carbocycles. The normalized spacial score (nSPS) is 10.2. The summed E-state index contributed by atoms with van der Waals surface area (Å²) in [5.74, 6) is 0.675. The summed E-state index contributed by atoms with van der Waals surface area (Å²) in [6, 6.07) is 22.1. The minimum Gasteiger partial charge on any atom is -0.457 e. The highest BCUT2D eigenvalue weighted by atomic mass is 16.5. The first-order valence-corrected chi connectivity index (χ1v) is 9.00. The fourth-order valence-corrected chi connectivity index (χ4v) is 2.66. The van der Waals surface area contributed by atoms with Crippen molar-refractivity contribution in [1.29, 1.82) is 0 Å². The lowest BCUT2D eigenvalue weighted by Crippen LogP contribution is -2.21. The van der Waals surface area contributed by atoms with Gasteiger partial charge in [-0.05, 0) is 67.4 Å². The van der Waals surface area contributed by atoms with Gasteiger partial charge in [-0.15, -0.1) is 0 Å². The van der Waals surface area contributed by atoms with Crippen LogP contribution in [0.2, 0.25) is 0 Å². The molecule has 0 heterocycles. The number of hydrogen-bond donors (Lipinski definition) is 2. The molecule has 3 rings (SSSR count). The number of ether oxygens (including phenoxy) is 1. The van der Waals surface area contributed by atoms with E-state index in [1.807, 2.05) is 62.4 Å². The van der Waals surface area contributed by atoms with E-state index < -0.39 is 0 Å². The Hall–Kier alpha value is -3.60. The Morgan fingerprint density at radius 3 is 2.11 bits per heavy atom. The van der Waals surface area contributed by atoms with Crippen LogP contribution >= 0.6 is 0 Å². The van der Waals surface area contributed by atoms with Crippen LogP contribution in [0.4, 0.5) is 11.4 Å². The summed E-state index contributed by atoms with van der Waals surface area (Å²) in [6.07, 6.45) is -0.254. The molecule has 0 aliphatic carbocycles. The van der Waals surface area contributed by atoms with E-state index >= 15 is 0 Å². The third-order valence-electron chi connectivity index (χ3n) is 4.32. The predicted molar refractivity (Wildman–Crippen MR) is 111 cm³/mol. The molecule has 0 bridgehead atoms. The van der Waals surface area contributed by atoms with Crippen molar-refractivity contribution in [3.63, 3.8) is 0 Å². The molecule has 0 aliphatic rings. The van der Waals surface area contributed by atoms with E-state index in [1.165, 1.54) is 0 Å². The topological polar surface area (TPSA) is 67.4 Å². The van der Waals surface area contributed by atoms with E-state index in [2.05, 4.69) is 10.6 Å². The Morgan fingerprint density at radius 2 is 1.39 bits per heavy atom. The van der Waals surface area contributed by atoms with E-state index in [1.54, 1.807) is 24.3 Å². The summed E-state index contributed by atoms with van der Waals surface area (Å²) in [4.78, 5) is 24.3. The molecule has 0 atom stereocenters.